The quantitative estimate of drug-likeness (QED) is 0.633. The highest BCUT2D eigenvalue weighted by atomic mass is 35.5. The summed E-state index contributed by atoms with van der Waals surface area (Å²) in [4.78, 5) is 28.3. The molecule has 0 aliphatic carbocycles. The smallest absolute Gasteiger partial charge is 0.240 e. The summed E-state index contributed by atoms with van der Waals surface area (Å²) in [5.74, 6) is 0.570. The van der Waals surface area contributed by atoms with Crippen LogP contribution in [0.25, 0.3) is 22.1 Å². The Morgan fingerprint density at radius 2 is 2.00 bits per heavy atom. The second-order valence-electron chi connectivity index (χ2n) is 8.17. The standard InChI is InChI=1S/C24H25ClN2O3/c1-15-5-7-17(8-6-15)22-23(29)19-12-18(25)9-10-20(19)30-24(22)26-21(28)14-27-11-3-4-16(2)13-27/h5-10,12,16H,3-4,11,13-14H2,1-2H3,(H,26,28). The van der Waals surface area contributed by atoms with Gasteiger partial charge in [0.25, 0.3) is 0 Å². The number of anilines is 1. The number of carbonyl (C=O) groups excluding carboxylic acids is 1. The van der Waals surface area contributed by atoms with E-state index in [4.69, 9.17) is 16.0 Å². The third-order valence-corrected chi connectivity index (χ3v) is 5.79. The van der Waals surface area contributed by atoms with E-state index in [9.17, 15) is 9.59 Å². The molecule has 5 nitrogen and oxygen atoms in total. The lowest BCUT2D eigenvalue weighted by Gasteiger charge is -2.30. The number of aryl methyl sites for hydroxylation is 1. The van der Waals surface area contributed by atoms with E-state index < -0.39 is 0 Å². The fourth-order valence-electron chi connectivity index (χ4n) is 4.04. The van der Waals surface area contributed by atoms with Gasteiger partial charge in [0.1, 0.15) is 5.58 Å². The Balaban J connectivity index is 1.73. The first-order chi connectivity index (χ1) is 14.4. The zero-order valence-electron chi connectivity index (χ0n) is 17.2. The Hall–Kier alpha value is -2.63. The van der Waals surface area contributed by atoms with Crippen molar-refractivity contribution in [2.45, 2.75) is 26.7 Å². The number of carbonyl (C=O) groups is 1. The molecule has 0 bridgehead atoms. The third-order valence-electron chi connectivity index (χ3n) is 5.55. The number of nitrogens with one attached hydrogen (secondary N) is 1. The van der Waals surface area contributed by atoms with Crippen LogP contribution in [0.4, 0.5) is 5.88 Å². The molecule has 1 aliphatic rings. The third kappa shape index (κ3) is 4.42. The number of hydrogen-bond acceptors (Lipinski definition) is 4. The van der Waals surface area contributed by atoms with Crippen LogP contribution < -0.4 is 10.7 Å². The maximum atomic E-state index is 13.3. The van der Waals surface area contributed by atoms with Gasteiger partial charge in [-0.2, -0.15) is 0 Å². The van der Waals surface area contributed by atoms with Crippen molar-refractivity contribution < 1.29 is 9.21 Å². The van der Waals surface area contributed by atoms with Crippen molar-refractivity contribution in [1.82, 2.24) is 4.90 Å². The summed E-state index contributed by atoms with van der Waals surface area (Å²) in [6.07, 6.45) is 2.28. The molecular weight excluding hydrogens is 400 g/mol. The van der Waals surface area contributed by atoms with Gasteiger partial charge < -0.3 is 4.42 Å². The lowest BCUT2D eigenvalue weighted by atomic mass is 10.0. The van der Waals surface area contributed by atoms with Crippen molar-refractivity contribution in [3.05, 3.63) is 63.3 Å². The van der Waals surface area contributed by atoms with Gasteiger partial charge in [-0.15, -0.1) is 0 Å². The largest absolute Gasteiger partial charge is 0.439 e. The Bertz CT molecular complexity index is 1140. The number of fused-ring (bicyclic) bond motifs is 1. The summed E-state index contributed by atoms with van der Waals surface area (Å²) in [7, 11) is 0. The summed E-state index contributed by atoms with van der Waals surface area (Å²) in [5.41, 5.74) is 2.28. The van der Waals surface area contributed by atoms with E-state index in [0.717, 1.165) is 25.1 Å². The summed E-state index contributed by atoms with van der Waals surface area (Å²) < 4.78 is 5.99. The Morgan fingerprint density at radius 3 is 2.73 bits per heavy atom. The number of amides is 1. The Kier molecular flexibility index (Phi) is 5.93. The summed E-state index contributed by atoms with van der Waals surface area (Å²) in [5, 5.41) is 3.70. The molecule has 6 heteroatoms. The van der Waals surface area contributed by atoms with Crippen LogP contribution in [-0.4, -0.2) is 30.4 Å². The number of benzene rings is 2. The highest BCUT2D eigenvalue weighted by Gasteiger charge is 2.22. The van der Waals surface area contributed by atoms with Gasteiger partial charge in [0.05, 0.1) is 17.5 Å². The molecule has 1 aliphatic heterocycles. The first-order valence-electron chi connectivity index (χ1n) is 10.3. The molecule has 4 rings (SSSR count). The van der Waals surface area contributed by atoms with Gasteiger partial charge in [0, 0.05) is 11.6 Å². The van der Waals surface area contributed by atoms with E-state index in [1.807, 2.05) is 31.2 Å². The Labute approximate surface area is 180 Å². The van der Waals surface area contributed by atoms with E-state index in [-0.39, 0.29) is 23.8 Å². The average Bonchev–Trinajstić information content (AvgIpc) is 2.70. The number of nitrogens with zero attached hydrogens (tertiary/aromatic N) is 1. The predicted molar refractivity (Wildman–Crippen MR) is 121 cm³/mol. The molecule has 1 saturated heterocycles. The summed E-state index contributed by atoms with van der Waals surface area (Å²) in [6, 6.07) is 12.5. The van der Waals surface area contributed by atoms with E-state index in [1.54, 1.807) is 18.2 Å². The molecular formula is C24H25ClN2O3. The van der Waals surface area contributed by atoms with Crippen molar-refractivity contribution in [2.75, 3.05) is 25.0 Å². The molecule has 1 aromatic heterocycles. The van der Waals surface area contributed by atoms with Gasteiger partial charge in [-0.3, -0.25) is 19.8 Å². The second-order valence-corrected chi connectivity index (χ2v) is 8.61. The number of hydrogen-bond donors (Lipinski definition) is 1. The summed E-state index contributed by atoms with van der Waals surface area (Å²) >= 11 is 6.10. The first-order valence-corrected chi connectivity index (χ1v) is 10.6. The maximum absolute atomic E-state index is 13.3. The van der Waals surface area contributed by atoms with Gasteiger partial charge in [-0.25, -0.2) is 0 Å². The molecule has 1 amide bonds. The van der Waals surface area contributed by atoms with Crippen LogP contribution in [0.2, 0.25) is 5.02 Å². The normalized spacial score (nSPS) is 17.2. The highest BCUT2D eigenvalue weighted by molar-refractivity contribution is 6.31. The van der Waals surface area contributed by atoms with Gasteiger partial charge >= 0.3 is 0 Å². The second kappa shape index (κ2) is 8.62. The van der Waals surface area contributed by atoms with Crippen molar-refractivity contribution in [3.8, 4) is 11.1 Å². The van der Waals surface area contributed by atoms with Crippen LogP contribution in [0, 0.1) is 12.8 Å². The monoisotopic (exact) mass is 424 g/mol. The minimum Gasteiger partial charge on any atom is -0.439 e. The van der Waals surface area contributed by atoms with Gasteiger partial charge in [-0.05, 0) is 56.0 Å². The zero-order valence-corrected chi connectivity index (χ0v) is 18.0. The molecule has 3 aromatic rings. The van der Waals surface area contributed by atoms with Crippen LogP contribution in [0.15, 0.2) is 51.7 Å². The molecule has 0 spiro atoms. The maximum Gasteiger partial charge on any atom is 0.240 e. The molecule has 156 valence electrons. The fraction of sp³-hybridized carbons (Fsp3) is 0.333. The number of piperidine rings is 1. The lowest BCUT2D eigenvalue weighted by Crippen LogP contribution is -2.39. The highest BCUT2D eigenvalue weighted by Crippen LogP contribution is 2.30. The van der Waals surface area contributed by atoms with Gasteiger partial charge in [0.2, 0.25) is 17.2 Å². The minimum atomic E-state index is -0.218. The fourth-order valence-corrected chi connectivity index (χ4v) is 4.21. The predicted octanol–water partition coefficient (Wildman–Crippen LogP) is 5.09. The van der Waals surface area contributed by atoms with Crippen molar-refractivity contribution >= 4 is 34.4 Å². The van der Waals surface area contributed by atoms with Gasteiger partial charge in [-0.1, -0.05) is 48.4 Å². The molecule has 1 atom stereocenters. The molecule has 0 radical (unpaired) electrons. The summed E-state index contributed by atoms with van der Waals surface area (Å²) in [6.45, 7) is 6.27. The number of likely N-dealkylation sites (tertiary alicyclic amines) is 1. The molecule has 2 aromatic carbocycles. The van der Waals surface area contributed by atoms with Crippen LogP contribution in [-0.2, 0) is 4.79 Å². The molecule has 2 heterocycles. The molecule has 1 N–H and O–H groups in total. The molecule has 1 fully saturated rings. The topological polar surface area (TPSA) is 62.6 Å². The number of halogens is 1. The molecule has 0 saturated carbocycles. The molecule has 30 heavy (non-hydrogen) atoms. The SMILES string of the molecule is Cc1ccc(-c2c(NC(=O)CN3CCCC(C)C3)oc3ccc(Cl)cc3c2=O)cc1. The van der Waals surface area contributed by atoms with Crippen LogP contribution >= 0.6 is 11.6 Å². The van der Waals surface area contributed by atoms with Crippen molar-refractivity contribution in [1.29, 1.82) is 0 Å². The lowest BCUT2D eigenvalue weighted by molar-refractivity contribution is -0.117. The van der Waals surface area contributed by atoms with E-state index in [1.165, 1.54) is 6.42 Å². The van der Waals surface area contributed by atoms with E-state index in [0.29, 0.717) is 33.0 Å². The van der Waals surface area contributed by atoms with Crippen molar-refractivity contribution in [3.63, 3.8) is 0 Å². The minimum absolute atomic E-state index is 0.175. The van der Waals surface area contributed by atoms with E-state index >= 15 is 0 Å². The van der Waals surface area contributed by atoms with Crippen LogP contribution in [0.3, 0.4) is 0 Å². The van der Waals surface area contributed by atoms with Crippen molar-refractivity contribution in [2.24, 2.45) is 5.92 Å². The van der Waals surface area contributed by atoms with Crippen LogP contribution in [0.1, 0.15) is 25.3 Å². The zero-order chi connectivity index (χ0) is 21.3. The first kappa shape index (κ1) is 20.6. The van der Waals surface area contributed by atoms with Gasteiger partial charge in [0.15, 0.2) is 0 Å². The average molecular weight is 425 g/mol. The number of rotatable bonds is 4. The Morgan fingerprint density at radius 1 is 1.23 bits per heavy atom. The molecule has 1 unspecified atom stereocenters. The van der Waals surface area contributed by atoms with Crippen LogP contribution in [0.5, 0.6) is 0 Å². The van der Waals surface area contributed by atoms with E-state index in [2.05, 4.69) is 17.1 Å².